The van der Waals surface area contributed by atoms with E-state index in [4.69, 9.17) is 4.74 Å². The van der Waals surface area contributed by atoms with Gasteiger partial charge in [0.05, 0.1) is 4.90 Å². The van der Waals surface area contributed by atoms with Crippen LogP contribution < -0.4 is 20.3 Å². The second kappa shape index (κ2) is 11.2. The molecule has 0 bridgehead atoms. The van der Waals surface area contributed by atoms with Crippen molar-refractivity contribution < 1.29 is 17.9 Å². The van der Waals surface area contributed by atoms with Crippen LogP contribution in [0.15, 0.2) is 94.6 Å². The average molecular weight is 519 g/mol. The topological polar surface area (TPSA) is 130 Å². The molecule has 10 heteroatoms. The van der Waals surface area contributed by atoms with E-state index < -0.39 is 22.0 Å². The number of aromatic nitrogens is 2. The van der Waals surface area contributed by atoms with Crippen molar-refractivity contribution in [1.29, 1.82) is 0 Å². The number of nitrogens with one attached hydrogen (secondary N) is 3. The highest BCUT2D eigenvalue weighted by Crippen LogP contribution is 2.21. The van der Waals surface area contributed by atoms with Crippen molar-refractivity contribution in [3.63, 3.8) is 0 Å². The summed E-state index contributed by atoms with van der Waals surface area (Å²) in [4.78, 5) is 31.2. The summed E-state index contributed by atoms with van der Waals surface area (Å²) in [6.45, 7) is 3.22. The van der Waals surface area contributed by atoms with E-state index in [9.17, 15) is 18.0 Å². The molecule has 0 aliphatic carbocycles. The van der Waals surface area contributed by atoms with E-state index in [0.717, 1.165) is 5.56 Å². The summed E-state index contributed by atoms with van der Waals surface area (Å²) in [7, 11) is -3.74. The van der Waals surface area contributed by atoms with Crippen molar-refractivity contribution in [1.82, 2.24) is 14.7 Å². The standard InChI is InChI=1S/C27H26N4O5S/c1-18-15-25(32)30-27(28-18)21-9-6-10-22(16-21)29-26(33)17-36-23-11-13-24(14-12-23)37(34,35)31-19(2)20-7-4-3-5-8-20/h3-16,19,31H,17H2,1-2H3,(H,29,33)(H,28,30,32). The SMILES string of the molecule is Cc1cc(=O)[nH]c(-c2cccc(NC(=O)COc3ccc(S(=O)(=O)NC(C)c4ccccc4)cc3)c2)n1. The van der Waals surface area contributed by atoms with E-state index in [1.54, 1.807) is 38.1 Å². The number of hydrogen-bond donors (Lipinski definition) is 3. The number of benzene rings is 3. The Bertz CT molecular complexity index is 1550. The predicted octanol–water partition coefficient (Wildman–Crippen LogP) is 3.80. The number of rotatable bonds is 9. The lowest BCUT2D eigenvalue weighted by Crippen LogP contribution is -2.26. The van der Waals surface area contributed by atoms with Crippen LogP contribution in [0.4, 0.5) is 5.69 Å². The molecule has 9 nitrogen and oxygen atoms in total. The van der Waals surface area contributed by atoms with Crippen LogP contribution in [0.25, 0.3) is 11.4 Å². The molecule has 1 heterocycles. The van der Waals surface area contributed by atoms with Gasteiger partial charge in [-0.15, -0.1) is 0 Å². The molecule has 0 fully saturated rings. The molecule has 0 spiro atoms. The Balaban J connectivity index is 1.34. The fourth-order valence-corrected chi connectivity index (χ4v) is 4.86. The van der Waals surface area contributed by atoms with Gasteiger partial charge < -0.3 is 15.0 Å². The molecule has 1 atom stereocenters. The molecule has 0 saturated heterocycles. The van der Waals surface area contributed by atoms with Crippen LogP contribution in [0.5, 0.6) is 5.75 Å². The third-order valence-electron chi connectivity index (χ3n) is 5.42. The zero-order valence-electron chi connectivity index (χ0n) is 20.3. The van der Waals surface area contributed by atoms with E-state index in [-0.39, 0.29) is 17.1 Å². The maximum atomic E-state index is 12.7. The highest BCUT2D eigenvalue weighted by Gasteiger charge is 2.18. The predicted molar refractivity (Wildman–Crippen MR) is 141 cm³/mol. The number of amides is 1. The minimum atomic E-state index is -3.74. The Morgan fingerprint density at radius 2 is 1.73 bits per heavy atom. The van der Waals surface area contributed by atoms with Gasteiger partial charge in [-0.3, -0.25) is 9.59 Å². The van der Waals surface area contributed by atoms with E-state index >= 15 is 0 Å². The zero-order valence-corrected chi connectivity index (χ0v) is 21.1. The van der Waals surface area contributed by atoms with Crippen LogP contribution in [-0.2, 0) is 14.8 Å². The van der Waals surface area contributed by atoms with Crippen LogP contribution in [-0.4, -0.2) is 30.9 Å². The van der Waals surface area contributed by atoms with Crippen molar-refractivity contribution in [3.05, 3.63) is 107 Å². The lowest BCUT2D eigenvalue weighted by molar-refractivity contribution is -0.118. The summed E-state index contributed by atoms with van der Waals surface area (Å²) in [5.41, 5.74) is 2.33. The maximum absolute atomic E-state index is 12.7. The highest BCUT2D eigenvalue weighted by molar-refractivity contribution is 7.89. The molecular weight excluding hydrogens is 492 g/mol. The molecule has 4 rings (SSSR count). The van der Waals surface area contributed by atoms with Gasteiger partial charge in [-0.05, 0) is 55.8 Å². The number of carbonyl (C=O) groups excluding carboxylic acids is 1. The van der Waals surface area contributed by atoms with Crippen molar-refractivity contribution in [3.8, 4) is 17.1 Å². The molecule has 0 saturated carbocycles. The van der Waals surface area contributed by atoms with E-state index in [2.05, 4.69) is 20.0 Å². The first kappa shape index (κ1) is 25.8. The third kappa shape index (κ3) is 6.90. The minimum Gasteiger partial charge on any atom is -0.484 e. The van der Waals surface area contributed by atoms with Crippen molar-refractivity contribution in [2.75, 3.05) is 11.9 Å². The van der Waals surface area contributed by atoms with Crippen molar-refractivity contribution in [2.45, 2.75) is 24.8 Å². The molecule has 1 amide bonds. The van der Waals surface area contributed by atoms with E-state index in [1.165, 1.54) is 30.3 Å². The lowest BCUT2D eigenvalue weighted by atomic mass is 10.1. The molecule has 4 aromatic rings. The first-order valence-corrected chi connectivity index (χ1v) is 13.0. The van der Waals surface area contributed by atoms with Crippen molar-refractivity contribution >= 4 is 21.6 Å². The number of aromatic amines is 1. The van der Waals surface area contributed by atoms with E-state index in [1.807, 2.05) is 30.3 Å². The Morgan fingerprint density at radius 1 is 1.00 bits per heavy atom. The molecule has 37 heavy (non-hydrogen) atoms. The van der Waals surface area contributed by atoms with Gasteiger partial charge in [0.2, 0.25) is 10.0 Å². The number of H-pyrrole nitrogens is 1. The largest absolute Gasteiger partial charge is 0.484 e. The summed E-state index contributed by atoms with van der Waals surface area (Å²) >= 11 is 0. The molecule has 3 aromatic carbocycles. The van der Waals surface area contributed by atoms with Gasteiger partial charge in [0.1, 0.15) is 11.6 Å². The normalized spacial score (nSPS) is 12.1. The monoisotopic (exact) mass is 518 g/mol. The van der Waals surface area contributed by atoms with Crippen LogP contribution in [0.2, 0.25) is 0 Å². The van der Waals surface area contributed by atoms with Gasteiger partial charge in [-0.25, -0.2) is 18.1 Å². The third-order valence-corrected chi connectivity index (χ3v) is 6.98. The number of aryl methyl sites for hydroxylation is 1. The number of nitrogens with zero attached hydrogens (tertiary/aromatic N) is 1. The van der Waals surface area contributed by atoms with Crippen LogP contribution in [0.1, 0.15) is 24.2 Å². The zero-order chi connectivity index (χ0) is 26.4. The Morgan fingerprint density at radius 3 is 2.43 bits per heavy atom. The number of anilines is 1. The Hall–Kier alpha value is -4.28. The summed E-state index contributed by atoms with van der Waals surface area (Å²) < 4.78 is 33.6. The summed E-state index contributed by atoms with van der Waals surface area (Å²) in [5.74, 6) is 0.346. The molecule has 1 unspecified atom stereocenters. The van der Waals surface area contributed by atoms with Crippen molar-refractivity contribution in [2.24, 2.45) is 0 Å². The second-order valence-corrected chi connectivity index (χ2v) is 10.1. The lowest BCUT2D eigenvalue weighted by Gasteiger charge is -2.15. The molecule has 1 aromatic heterocycles. The van der Waals surface area contributed by atoms with Gasteiger partial charge in [0.15, 0.2) is 6.61 Å². The minimum absolute atomic E-state index is 0.0895. The molecule has 0 radical (unpaired) electrons. The number of ether oxygens (including phenoxy) is 1. The van der Waals surface area contributed by atoms with E-state index in [0.29, 0.717) is 28.5 Å². The second-order valence-electron chi connectivity index (χ2n) is 8.38. The summed E-state index contributed by atoms with van der Waals surface area (Å²) in [6.07, 6.45) is 0. The molecule has 190 valence electrons. The summed E-state index contributed by atoms with van der Waals surface area (Å²) in [6, 6.07) is 23.0. The first-order chi connectivity index (χ1) is 17.7. The van der Waals surface area contributed by atoms with Crippen LogP contribution in [0, 0.1) is 6.92 Å². The number of sulfonamides is 1. The van der Waals surface area contributed by atoms with Crippen LogP contribution >= 0.6 is 0 Å². The fourth-order valence-electron chi connectivity index (χ4n) is 3.63. The number of carbonyl (C=O) groups is 1. The maximum Gasteiger partial charge on any atom is 0.262 e. The quantitative estimate of drug-likeness (QED) is 0.309. The average Bonchev–Trinajstić information content (AvgIpc) is 2.87. The highest BCUT2D eigenvalue weighted by atomic mass is 32.2. The smallest absolute Gasteiger partial charge is 0.262 e. The van der Waals surface area contributed by atoms with Crippen LogP contribution in [0.3, 0.4) is 0 Å². The summed E-state index contributed by atoms with van der Waals surface area (Å²) in [5, 5.41) is 2.73. The fraction of sp³-hybridized carbons (Fsp3) is 0.148. The van der Waals surface area contributed by atoms with Gasteiger partial charge >= 0.3 is 0 Å². The first-order valence-electron chi connectivity index (χ1n) is 11.5. The number of hydrogen-bond acceptors (Lipinski definition) is 6. The Labute approximate surface area is 214 Å². The van der Waals surface area contributed by atoms with Gasteiger partial charge in [-0.2, -0.15) is 0 Å². The molecule has 3 N–H and O–H groups in total. The molecule has 0 aliphatic heterocycles. The van der Waals surface area contributed by atoms with Gasteiger partial charge in [0.25, 0.3) is 11.5 Å². The molecule has 0 aliphatic rings. The molecular formula is C27H26N4O5S. The van der Waals surface area contributed by atoms with Gasteiger partial charge in [-0.1, -0.05) is 42.5 Å². The Kier molecular flexibility index (Phi) is 7.80. The van der Waals surface area contributed by atoms with Gasteiger partial charge in [0, 0.05) is 29.1 Å².